The average molecular weight is 342 g/mol. The van der Waals surface area contributed by atoms with E-state index in [-0.39, 0.29) is 24.3 Å². The zero-order chi connectivity index (χ0) is 15.7. The Labute approximate surface area is 132 Å². The van der Waals surface area contributed by atoms with Gasteiger partial charge in [0.2, 0.25) is 0 Å². The number of ether oxygens (including phenoxy) is 1. The molecule has 6 nitrogen and oxygen atoms in total. The van der Waals surface area contributed by atoms with Crippen LogP contribution < -0.4 is 5.56 Å². The zero-order valence-electron chi connectivity index (χ0n) is 12.3. The van der Waals surface area contributed by atoms with Gasteiger partial charge in [-0.3, -0.25) is 9.20 Å². The molecule has 8 heteroatoms. The number of hydrogen-bond acceptors (Lipinski definition) is 6. The molecule has 3 heterocycles. The van der Waals surface area contributed by atoms with E-state index in [9.17, 15) is 13.2 Å². The number of fused-ring (bicyclic) bond motifs is 1. The lowest BCUT2D eigenvalue weighted by atomic mass is 10.2. The molecule has 1 aliphatic heterocycles. The van der Waals surface area contributed by atoms with Gasteiger partial charge in [0.15, 0.2) is 14.8 Å². The molecule has 1 unspecified atom stereocenters. The predicted molar refractivity (Wildman–Crippen MR) is 85.4 cm³/mol. The molecule has 22 heavy (non-hydrogen) atoms. The molecule has 2 aromatic rings. The molecule has 1 atom stereocenters. The first kappa shape index (κ1) is 15.6. The van der Waals surface area contributed by atoms with E-state index in [2.05, 4.69) is 4.98 Å². The third-order valence-corrected chi connectivity index (χ3v) is 6.95. The Morgan fingerprint density at radius 1 is 1.50 bits per heavy atom. The summed E-state index contributed by atoms with van der Waals surface area (Å²) >= 11 is 1.39. The Bertz CT molecular complexity index is 832. The Morgan fingerprint density at radius 2 is 2.32 bits per heavy atom. The first-order valence-electron chi connectivity index (χ1n) is 7.24. The highest BCUT2D eigenvalue weighted by atomic mass is 32.2. The van der Waals surface area contributed by atoms with E-state index < -0.39 is 15.1 Å². The maximum atomic E-state index is 12.4. The summed E-state index contributed by atoms with van der Waals surface area (Å²) in [6, 6.07) is 0. The summed E-state index contributed by atoms with van der Waals surface area (Å²) in [7, 11) is -3.25. The lowest BCUT2D eigenvalue weighted by Crippen LogP contribution is -2.34. The first-order valence-corrected chi connectivity index (χ1v) is 9.83. The van der Waals surface area contributed by atoms with Crippen LogP contribution in [0.25, 0.3) is 4.96 Å². The van der Waals surface area contributed by atoms with Gasteiger partial charge in [-0.25, -0.2) is 13.4 Å². The fraction of sp³-hybridized carbons (Fsp3) is 0.571. The summed E-state index contributed by atoms with van der Waals surface area (Å²) in [4.78, 5) is 17.4. The number of hydrogen-bond donors (Lipinski definition) is 0. The van der Waals surface area contributed by atoms with E-state index in [0.717, 1.165) is 6.42 Å². The lowest BCUT2D eigenvalue weighted by Gasteiger charge is -2.22. The molecule has 0 aliphatic carbocycles. The van der Waals surface area contributed by atoms with E-state index in [1.807, 2.05) is 0 Å². The molecule has 2 aromatic heterocycles. The Hall–Kier alpha value is -1.25. The Kier molecular flexibility index (Phi) is 4.33. The van der Waals surface area contributed by atoms with Crippen molar-refractivity contribution in [3.63, 3.8) is 0 Å². The van der Waals surface area contributed by atoms with Crippen molar-refractivity contribution in [1.29, 1.82) is 0 Å². The van der Waals surface area contributed by atoms with Crippen LogP contribution in [0.1, 0.15) is 24.1 Å². The normalized spacial score (nSPS) is 19.6. The largest absolute Gasteiger partial charge is 0.380 e. The molecule has 0 spiro atoms. The SMILES string of the molecule is Cc1nc2sccn2c(=O)c1CCS(=O)(=O)C1CCCOC1. The Morgan fingerprint density at radius 3 is 3.05 bits per heavy atom. The molecule has 0 amide bonds. The minimum Gasteiger partial charge on any atom is -0.380 e. The number of aryl methyl sites for hydroxylation is 1. The summed E-state index contributed by atoms with van der Waals surface area (Å²) < 4.78 is 31.5. The van der Waals surface area contributed by atoms with Crippen LogP contribution in [0.4, 0.5) is 0 Å². The fourth-order valence-corrected chi connectivity index (χ4v) is 5.11. The number of sulfone groups is 1. The van der Waals surface area contributed by atoms with E-state index in [1.165, 1.54) is 15.7 Å². The van der Waals surface area contributed by atoms with Gasteiger partial charge in [-0.15, -0.1) is 11.3 Å². The molecule has 0 aromatic carbocycles. The smallest absolute Gasteiger partial charge is 0.261 e. The van der Waals surface area contributed by atoms with Crippen LogP contribution >= 0.6 is 11.3 Å². The molecule has 0 saturated carbocycles. The standard InChI is InChI=1S/C14H18N2O4S2/c1-10-12(13(17)16-5-7-21-14(16)15-10)4-8-22(18,19)11-3-2-6-20-9-11/h5,7,11H,2-4,6,8-9H2,1H3. The van der Waals surface area contributed by atoms with Crippen molar-refractivity contribution < 1.29 is 13.2 Å². The number of rotatable bonds is 4. The van der Waals surface area contributed by atoms with Gasteiger partial charge < -0.3 is 4.74 Å². The highest BCUT2D eigenvalue weighted by molar-refractivity contribution is 7.92. The van der Waals surface area contributed by atoms with E-state index in [0.29, 0.717) is 29.2 Å². The van der Waals surface area contributed by atoms with Crippen LogP contribution in [0.15, 0.2) is 16.4 Å². The van der Waals surface area contributed by atoms with Crippen molar-refractivity contribution in [3.05, 3.63) is 33.2 Å². The number of nitrogens with zero attached hydrogens (tertiary/aromatic N) is 2. The van der Waals surface area contributed by atoms with Crippen LogP contribution in [0.5, 0.6) is 0 Å². The quantitative estimate of drug-likeness (QED) is 0.834. The Balaban J connectivity index is 1.83. The van der Waals surface area contributed by atoms with E-state index in [1.54, 1.807) is 18.5 Å². The molecule has 1 saturated heterocycles. The van der Waals surface area contributed by atoms with Gasteiger partial charge >= 0.3 is 0 Å². The maximum absolute atomic E-state index is 12.4. The first-order chi connectivity index (χ1) is 10.5. The molecule has 0 N–H and O–H groups in total. The second kappa shape index (κ2) is 6.10. The molecule has 1 aliphatic rings. The minimum atomic E-state index is -3.25. The second-order valence-corrected chi connectivity index (χ2v) is 8.77. The van der Waals surface area contributed by atoms with Gasteiger partial charge in [0, 0.05) is 29.4 Å². The fourth-order valence-electron chi connectivity index (χ4n) is 2.71. The van der Waals surface area contributed by atoms with Gasteiger partial charge in [-0.2, -0.15) is 0 Å². The van der Waals surface area contributed by atoms with Crippen molar-refractivity contribution in [1.82, 2.24) is 9.38 Å². The third kappa shape index (κ3) is 2.95. The molecule has 1 fully saturated rings. The van der Waals surface area contributed by atoms with Crippen LogP contribution in [-0.4, -0.2) is 42.0 Å². The summed E-state index contributed by atoms with van der Waals surface area (Å²) in [6.45, 7) is 2.65. The number of thiazole rings is 1. The molecular formula is C14H18N2O4S2. The molecular weight excluding hydrogens is 324 g/mol. The van der Waals surface area contributed by atoms with Gasteiger partial charge in [0.25, 0.3) is 5.56 Å². The highest BCUT2D eigenvalue weighted by Gasteiger charge is 2.28. The van der Waals surface area contributed by atoms with Crippen molar-refractivity contribution in [3.8, 4) is 0 Å². The van der Waals surface area contributed by atoms with Gasteiger partial charge in [0.1, 0.15) is 0 Å². The molecule has 0 radical (unpaired) electrons. The summed E-state index contributed by atoms with van der Waals surface area (Å²) in [5.41, 5.74) is 0.928. The van der Waals surface area contributed by atoms with Gasteiger partial charge in [-0.1, -0.05) is 0 Å². The highest BCUT2D eigenvalue weighted by Crippen LogP contribution is 2.17. The van der Waals surface area contributed by atoms with Crippen molar-refractivity contribution in [2.75, 3.05) is 19.0 Å². The maximum Gasteiger partial charge on any atom is 0.261 e. The molecule has 3 rings (SSSR count). The summed E-state index contributed by atoms with van der Waals surface area (Å²) in [6.07, 6.45) is 3.28. The summed E-state index contributed by atoms with van der Waals surface area (Å²) in [5.74, 6) is -0.0327. The van der Waals surface area contributed by atoms with Crippen molar-refractivity contribution in [2.45, 2.75) is 31.4 Å². The van der Waals surface area contributed by atoms with E-state index in [4.69, 9.17) is 4.74 Å². The zero-order valence-corrected chi connectivity index (χ0v) is 14.0. The topological polar surface area (TPSA) is 77.7 Å². The predicted octanol–water partition coefficient (Wildman–Crippen LogP) is 1.20. The van der Waals surface area contributed by atoms with Crippen LogP contribution in [0.3, 0.4) is 0 Å². The van der Waals surface area contributed by atoms with Crippen LogP contribution in [0.2, 0.25) is 0 Å². The van der Waals surface area contributed by atoms with Crippen molar-refractivity contribution >= 4 is 26.1 Å². The molecule has 0 bridgehead atoms. The van der Waals surface area contributed by atoms with Crippen LogP contribution in [-0.2, 0) is 21.0 Å². The monoisotopic (exact) mass is 342 g/mol. The third-order valence-electron chi connectivity index (χ3n) is 4.03. The van der Waals surface area contributed by atoms with Crippen LogP contribution in [0, 0.1) is 6.92 Å². The second-order valence-electron chi connectivity index (χ2n) is 5.49. The average Bonchev–Trinajstić information content (AvgIpc) is 2.96. The number of aromatic nitrogens is 2. The van der Waals surface area contributed by atoms with Gasteiger partial charge in [0.05, 0.1) is 17.6 Å². The van der Waals surface area contributed by atoms with Crippen molar-refractivity contribution in [2.24, 2.45) is 0 Å². The van der Waals surface area contributed by atoms with E-state index >= 15 is 0 Å². The summed E-state index contributed by atoms with van der Waals surface area (Å²) in [5, 5.41) is 1.35. The molecule has 120 valence electrons. The lowest BCUT2D eigenvalue weighted by molar-refractivity contribution is 0.0991. The minimum absolute atomic E-state index is 0.0327. The van der Waals surface area contributed by atoms with Gasteiger partial charge in [-0.05, 0) is 26.2 Å².